The van der Waals surface area contributed by atoms with Crippen molar-refractivity contribution in [2.24, 2.45) is 16.7 Å². The van der Waals surface area contributed by atoms with Gasteiger partial charge in [0.15, 0.2) is 0 Å². The molecule has 1 amide bonds. The molecule has 0 unspecified atom stereocenters. The van der Waals surface area contributed by atoms with Crippen LogP contribution in [0, 0.1) is 5.82 Å². The van der Waals surface area contributed by atoms with Crippen LogP contribution in [-0.4, -0.2) is 42.0 Å². The Bertz CT molecular complexity index is 987. The third-order valence-corrected chi connectivity index (χ3v) is 5.27. The van der Waals surface area contributed by atoms with Gasteiger partial charge in [0.25, 0.3) is 5.91 Å². The van der Waals surface area contributed by atoms with Gasteiger partial charge in [-0.3, -0.25) is 4.79 Å². The zero-order valence-electron chi connectivity index (χ0n) is 16.2. The van der Waals surface area contributed by atoms with E-state index >= 15 is 0 Å². The molecule has 2 aromatic rings. The van der Waals surface area contributed by atoms with Crippen molar-refractivity contribution >= 4 is 46.3 Å². The number of benzene rings is 2. The monoisotopic (exact) mass is 450 g/mol. The first-order valence-electron chi connectivity index (χ1n) is 9.07. The van der Waals surface area contributed by atoms with E-state index in [0.29, 0.717) is 31.2 Å². The molecule has 3 rings (SSSR count). The summed E-state index contributed by atoms with van der Waals surface area (Å²) in [5.74, 6) is 4.52. The Hall–Kier alpha value is -2.81. The van der Waals surface area contributed by atoms with Crippen molar-refractivity contribution < 1.29 is 9.18 Å². The molecule has 0 aromatic heterocycles. The third-order valence-electron chi connectivity index (χ3n) is 4.54. The molecule has 0 spiro atoms. The minimum absolute atomic E-state index is 0.0470. The molecule has 0 fully saturated rings. The van der Waals surface area contributed by atoms with Gasteiger partial charge in [-0.2, -0.15) is 0 Å². The number of halogens is 3. The van der Waals surface area contributed by atoms with Gasteiger partial charge in [0.1, 0.15) is 5.82 Å². The normalized spacial score (nSPS) is 14.7. The number of carbonyl (C=O) groups excluding carboxylic acids is 1. The van der Waals surface area contributed by atoms with Gasteiger partial charge in [0.2, 0.25) is 5.96 Å². The molecule has 0 aliphatic carbocycles. The zero-order chi connectivity index (χ0) is 21.8. The molecule has 1 aliphatic rings. The van der Waals surface area contributed by atoms with Crippen LogP contribution >= 0.6 is 23.2 Å². The summed E-state index contributed by atoms with van der Waals surface area (Å²) in [6.07, 6.45) is 0.617. The Labute approximate surface area is 183 Å². The lowest BCUT2D eigenvalue weighted by molar-refractivity contribution is 0.102. The smallest absolute Gasteiger partial charge is 0.260 e. The Morgan fingerprint density at radius 2 is 1.93 bits per heavy atom. The summed E-state index contributed by atoms with van der Waals surface area (Å²) in [7, 11) is 1.59. The minimum Gasteiger partial charge on any atom is -0.368 e. The van der Waals surface area contributed by atoms with Gasteiger partial charge in [0.05, 0.1) is 10.6 Å². The second-order valence-electron chi connectivity index (χ2n) is 6.72. The van der Waals surface area contributed by atoms with Crippen molar-refractivity contribution in [3.8, 4) is 0 Å². The predicted molar refractivity (Wildman–Crippen MR) is 118 cm³/mol. The molecule has 0 bridgehead atoms. The van der Waals surface area contributed by atoms with Crippen molar-refractivity contribution in [2.45, 2.75) is 6.42 Å². The number of hydrogen-bond acceptors (Lipinski definition) is 4. The quantitative estimate of drug-likeness (QED) is 0.286. The van der Waals surface area contributed by atoms with Crippen molar-refractivity contribution in [3.05, 3.63) is 69.5 Å². The van der Waals surface area contributed by atoms with Gasteiger partial charge in [-0.15, -0.1) is 5.10 Å². The van der Waals surface area contributed by atoms with Crippen LogP contribution in [0.25, 0.3) is 5.57 Å². The first-order chi connectivity index (χ1) is 14.3. The van der Waals surface area contributed by atoms with Gasteiger partial charge in [0, 0.05) is 37.3 Å². The van der Waals surface area contributed by atoms with Crippen LogP contribution in [-0.2, 0) is 0 Å². The lowest BCUT2D eigenvalue weighted by Gasteiger charge is -2.30. The second kappa shape index (κ2) is 9.34. The molecule has 30 heavy (non-hydrogen) atoms. The number of amides is 1. The average Bonchev–Trinajstić information content (AvgIpc) is 2.68. The van der Waals surface area contributed by atoms with E-state index < -0.39 is 11.7 Å². The second-order valence-corrected chi connectivity index (χ2v) is 7.58. The van der Waals surface area contributed by atoms with Gasteiger partial charge >= 0.3 is 0 Å². The van der Waals surface area contributed by atoms with Crippen LogP contribution in [0.1, 0.15) is 22.3 Å². The maximum absolute atomic E-state index is 13.9. The van der Waals surface area contributed by atoms with Crippen molar-refractivity contribution in [1.82, 2.24) is 10.0 Å². The van der Waals surface area contributed by atoms with Crippen molar-refractivity contribution in [1.29, 1.82) is 0 Å². The summed E-state index contributed by atoms with van der Waals surface area (Å²) in [5, 5.41) is 8.59. The van der Waals surface area contributed by atoms with Crippen LogP contribution in [0.2, 0.25) is 5.02 Å². The fraction of sp³-hybridized carbons (Fsp3) is 0.200. The number of nitrogens with one attached hydrogen (secondary N) is 1. The molecule has 1 aliphatic heterocycles. The highest BCUT2D eigenvalue weighted by atomic mass is 35.5. The molecule has 10 heteroatoms. The highest BCUT2D eigenvalue weighted by Crippen LogP contribution is 2.30. The molecule has 1 heterocycles. The van der Waals surface area contributed by atoms with Crippen molar-refractivity contribution in [3.63, 3.8) is 0 Å². The van der Waals surface area contributed by atoms with Crippen LogP contribution in [0.4, 0.5) is 10.1 Å². The standard InChI is InChI=1S/C20H21Cl2FN6O/c1-28(25)27-20(24)29-10-9-15(21)14(11-29)12-5-7-13(8-6-12)26-19(30)18-16(22)3-2-4-17(18)23/h2-8H,9-11,25H2,1H3,(H2,24,27)(H,26,30). The van der Waals surface area contributed by atoms with E-state index in [4.69, 9.17) is 34.8 Å². The number of carbonyl (C=O) groups is 1. The number of guanidine groups is 1. The molecule has 7 nitrogen and oxygen atoms in total. The van der Waals surface area contributed by atoms with Crippen LogP contribution in [0.5, 0.6) is 0 Å². The fourth-order valence-electron chi connectivity index (χ4n) is 3.07. The highest BCUT2D eigenvalue weighted by Gasteiger charge is 2.21. The van der Waals surface area contributed by atoms with Crippen LogP contribution in [0.15, 0.2) is 52.6 Å². The largest absolute Gasteiger partial charge is 0.368 e. The van der Waals surface area contributed by atoms with Gasteiger partial charge in [-0.1, -0.05) is 41.4 Å². The highest BCUT2D eigenvalue weighted by molar-refractivity contribution is 6.34. The Kier molecular flexibility index (Phi) is 6.81. The summed E-state index contributed by atoms with van der Waals surface area (Å²) in [4.78, 5) is 14.3. The van der Waals surface area contributed by atoms with E-state index in [1.807, 2.05) is 17.0 Å². The molecule has 0 atom stereocenters. The molecule has 2 aromatic carbocycles. The molecule has 0 radical (unpaired) electrons. The molecule has 0 saturated carbocycles. The van der Waals surface area contributed by atoms with Gasteiger partial charge in [-0.25, -0.2) is 15.4 Å². The molecule has 158 valence electrons. The first-order valence-corrected chi connectivity index (χ1v) is 9.82. The number of hydrogen-bond donors (Lipinski definition) is 3. The van der Waals surface area contributed by atoms with Crippen LogP contribution < -0.4 is 16.9 Å². The zero-order valence-corrected chi connectivity index (χ0v) is 17.7. The lowest BCUT2D eigenvalue weighted by atomic mass is 10.0. The van der Waals surface area contributed by atoms with Gasteiger partial charge < -0.3 is 16.0 Å². The molecule has 0 saturated heterocycles. The maximum atomic E-state index is 13.9. The van der Waals surface area contributed by atoms with E-state index in [2.05, 4.69) is 10.4 Å². The van der Waals surface area contributed by atoms with E-state index in [1.165, 1.54) is 18.2 Å². The van der Waals surface area contributed by atoms with Gasteiger partial charge in [-0.05, 0) is 35.4 Å². The Morgan fingerprint density at radius 1 is 1.23 bits per heavy atom. The average molecular weight is 451 g/mol. The van der Waals surface area contributed by atoms with E-state index in [1.54, 1.807) is 19.2 Å². The minimum atomic E-state index is -0.682. The van der Waals surface area contributed by atoms with Crippen LogP contribution in [0.3, 0.4) is 0 Å². The topological polar surface area (TPSA) is 100.0 Å². The third kappa shape index (κ3) is 5.02. The Balaban J connectivity index is 1.76. The molecular formula is C20H21Cl2FN6O. The predicted octanol–water partition coefficient (Wildman–Crippen LogP) is 3.42. The molecule has 5 N–H and O–H groups in total. The molecular weight excluding hydrogens is 430 g/mol. The number of nitrogens with two attached hydrogens (primary N) is 2. The number of nitrogens with zero attached hydrogens (tertiary/aromatic N) is 3. The SMILES string of the molecule is CN(N)/N=C(\N)N1CCC(Cl)=C(c2ccc(NC(=O)c3c(F)cccc3Cl)cc2)C1. The lowest BCUT2D eigenvalue weighted by Crippen LogP contribution is -2.43. The number of rotatable bonds is 4. The number of hydrazone groups is 1. The summed E-state index contributed by atoms with van der Waals surface area (Å²) in [6, 6.07) is 11.2. The maximum Gasteiger partial charge on any atom is 0.260 e. The fourth-order valence-corrected chi connectivity index (χ4v) is 3.57. The van der Waals surface area contributed by atoms with E-state index in [9.17, 15) is 9.18 Å². The summed E-state index contributed by atoms with van der Waals surface area (Å²) >= 11 is 12.4. The van der Waals surface area contributed by atoms with E-state index in [0.717, 1.165) is 21.3 Å². The summed E-state index contributed by atoms with van der Waals surface area (Å²) < 4.78 is 13.9. The van der Waals surface area contributed by atoms with Crippen molar-refractivity contribution in [2.75, 3.05) is 25.5 Å². The summed E-state index contributed by atoms with van der Waals surface area (Å²) in [5.41, 5.74) is 8.07. The number of hydrazine groups is 1. The van der Waals surface area contributed by atoms with E-state index in [-0.39, 0.29) is 10.6 Å². The summed E-state index contributed by atoms with van der Waals surface area (Å²) in [6.45, 7) is 1.10. The number of anilines is 1. The first kappa shape index (κ1) is 21.9. The Morgan fingerprint density at radius 3 is 2.57 bits per heavy atom.